The van der Waals surface area contributed by atoms with Gasteiger partial charge >= 0.3 is 5.97 Å². The molecule has 1 N–H and O–H groups in total. The fourth-order valence-electron chi connectivity index (χ4n) is 4.55. The van der Waals surface area contributed by atoms with Crippen LogP contribution >= 0.6 is 0 Å². The van der Waals surface area contributed by atoms with Crippen molar-refractivity contribution in [3.63, 3.8) is 0 Å². The largest absolute Gasteiger partial charge is 0.493 e. The number of nitrogens with zero attached hydrogens (tertiary/aromatic N) is 1. The van der Waals surface area contributed by atoms with E-state index < -0.39 is 18.1 Å². The molecule has 168 valence electrons. The Labute approximate surface area is 187 Å². The Bertz CT molecular complexity index is 1170. The molecule has 3 aromatic rings. The Morgan fingerprint density at radius 3 is 2.50 bits per heavy atom. The van der Waals surface area contributed by atoms with Gasteiger partial charge in [-0.25, -0.2) is 4.79 Å². The molecular formula is C25H28N2O5. The van der Waals surface area contributed by atoms with E-state index >= 15 is 0 Å². The highest BCUT2D eigenvalue weighted by Crippen LogP contribution is 2.43. The summed E-state index contributed by atoms with van der Waals surface area (Å²) in [4.78, 5) is 30.7. The normalized spacial score (nSPS) is 17.9. The van der Waals surface area contributed by atoms with Gasteiger partial charge in [0.25, 0.3) is 0 Å². The summed E-state index contributed by atoms with van der Waals surface area (Å²) < 4.78 is 16.5. The number of methoxy groups -OCH3 is 2. The van der Waals surface area contributed by atoms with E-state index in [-0.39, 0.29) is 12.0 Å². The minimum absolute atomic E-state index is 0.0119. The average molecular weight is 437 g/mol. The van der Waals surface area contributed by atoms with Gasteiger partial charge in [0.05, 0.1) is 26.4 Å². The lowest BCUT2D eigenvalue weighted by Gasteiger charge is -2.40. The molecule has 0 saturated heterocycles. The Kier molecular flexibility index (Phi) is 5.82. The lowest BCUT2D eigenvalue weighted by molar-refractivity contribution is -0.154. The molecule has 4 rings (SSSR count). The third-order valence-electron chi connectivity index (χ3n) is 5.83. The third-order valence-corrected chi connectivity index (χ3v) is 5.83. The predicted octanol–water partition coefficient (Wildman–Crippen LogP) is 4.00. The van der Waals surface area contributed by atoms with E-state index in [0.717, 1.165) is 27.7 Å². The number of nitrogens with one attached hydrogen (secondary N) is 1. The highest BCUT2D eigenvalue weighted by Gasteiger charge is 2.43. The number of aromatic nitrogens is 1. The van der Waals surface area contributed by atoms with Gasteiger partial charge in [0.2, 0.25) is 5.91 Å². The fourth-order valence-corrected chi connectivity index (χ4v) is 4.55. The fraction of sp³-hybridized carbons (Fsp3) is 0.360. The van der Waals surface area contributed by atoms with Crippen LogP contribution in [0.3, 0.4) is 0 Å². The number of benzene rings is 2. The molecule has 0 saturated carbocycles. The average Bonchev–Trinajstić information content (AvgIpc) is 3.15. The van der Waals surface area contributed by atoms with Crippen molar-refractivity contribution >= 4 is 22.8 Å². The predicted molar refractivity (Wildman–Crippen MR) is 121 cm³/mol. The Morgan fingerprint density at radius 1 is 1.09 bits per heavy atom. The molecule has 0 spiro atoms. The molecule has 0 radical (unpaired) electrons. The van der Waals surface area contributed by atoms with Gasteiger partial charge in [-0.2, -0.15) is 0 Å². The van der Waals surface area contributed by atoms with E-state index in [4.69, 9.17) is 14.2 Å². The monoisotopic (exact) mass is 436 g/mol. The van der Waals surface area contributed by atoms with Gasteiger partial charge in [-0.15, -0.1) is 0 Å². The van der Waals surface area contributed by atoms with Crippen LogP contribution in [0.1, 0.15) is 43.6 Å². The van der Waals surface area contributed by atoms with Crippen molar-refractivity contribution in [1.82, 2.24) is 9.88 Å². The number of amides is 1. The summed E-state index contributed by atoms with van der Waals surface area (Å²) in [5.74, 6) is 0.541. The second-order valence-electron chi connectivity index (χ2n) is 8.21. The molecule has 1 aliphatic heterocycles. The Balaban J connectivity index is 1.93. The molecular weight excluding hydrogens is 408 g/mol. The van der Waals surface area contributed by atoms with Gasteiger partial charge < -0.3 is 24.1 Å². The highest BCUT2D eigenvalue weighted by molar-refractivity contribution is 5.90. The van der Waals surface area contributed by atoms with E-state index in [1.807, 2.05) is 56.3 Å². The van der Waals surface area contributed by atoms with E-state index in [0.29, 0.717) is 17.9 Å². The summed E-state index contributed by atoms with van der Waals surface area (Å²) in [7, 11) is 2.93. The first-order valence-corrected chi connectivity index (χ1v) is 10.7. The topological polar surface area (TPSA) is 80.9 Å². The molecule has 7 nitrogen and oxygen atoms in total. The standard InChI is InChI=1S/C25H28N2O5/c1-14(2)32-21-11-10-16(12-22(21)30-4)24-23-18(17-8-6-7-9-19(17)26-23)13-20(25(29)31-5)27(24)15(3)28/h6-12,14,20,24,26H,13H2,1-5H3. The van der Waals surface area contributed by atoms with E-state index in [1.54, 1.807) is 12.0 Å². The first-order chi connectivity index (χ1) is 15.3. The maximum absolute atomic E-state index is 12.9. The van der Waals surface area contributed by atoms with Gasteiger partial charge in [-0.05, 0) is 43.2 Å². The number of hydrogen-bond donors (Lipinski definition) is 1. The smallest absolute Gasteiger partial charge is 0.328 e. The van der Waals surface area contributed by atoms with Crippen LogP contribution in [-0.2, 0) is 20.7 Å². The molecule has 0 bridgehead atoms. The zero-order valence-electron chi connectivity index (χ0n) is 19.0. The lowest BCUT2D eigenvalue weighted by Crippen LogP contribution is -2.51. The maximum Gasteiger partial charge on any atom is 0.328 e. The van der Waals surface area contributed by atoms with Crippen molar-refractivity contribution in [3.05, 3.63) is 59.3 Å². The van der Waals surface area contributed by atoms with Crippen molar-refractivity contribution in [2.45, 2.75) is 45.4 Å². The van der Waals surface area contributed by atoms with Gasteiger partial charge in [-0.1, -0.05) is 24.3 Å². The van der Waals surface area contributed by atoms with E-state index in [9.17, 15) is 9.59 Å². The summed E-state index contributed by atoms with van der Waals surface area (Å²) in [6.07, 6.45) is 0.371. The van der Waals surface area contributed by atoms with Crippen molar-refractivity contribution < 1.29 is 23.8 Å². The van der Waals surface area contributed by atoms with Crippen LogP contribution in [0.2, 0.25) is 0 Å². The number of carbonyl (C=O) groups excluding carboxylic acids is 2. The number of ether oxygens (including phenoxy) is 3. The molecule has 2 heterocycles. The molecule has 1 aromatic heterocycles. The zero-order chi connectivity index (χ0) is 23.0. The van der Waals surface area contributed by atoms with E-state index in [2.05, 4.69) is 4.98 Å². The van der Waals surface area contributed by atoms with Gasteiger partial charge in [0.1, 0.15) is 6.04 Å². The third kappa shape index (κ3) is 3.68. The number of rotatable bonds is 5. The maximum atomic E-state index is 12.9. The minimum atomic E-state index is -0.730. The van der Waals surface area contributed by atoms with Crippen molar-refractivity contribution in [2.75, 3.05) is 14.2 Å². The second kappa shape index (κ2) is 8.57. The van der Waals surface area contributed by atoms with Gasteiger partial charge in [0, 0.05) is 29.9 Å². The quantitative estimate of drug-likeness (QED) is 0.612. The first kappa shape index (κ1) is 21.7. The van der Waals surface area contributed by atoms with Crippen LogP contribution in [0.5, 0.6) is 11.5 Å². The van der Waals surface area contributed by atoms with Crippen molar-refractivity contribution in [2.24, 2.45) is 0 Å². The van der Waals surface area contributed by atoms with Crippen LogP contribution in [0.15, 0.2) is 42.5 Å². The number of esters is 1. The van der Waals surface area contributed by atoms with Gasteiger partial charge in [0.15, 0.2) is 11.5 Å². The summed E-state index contributed by atoms with van der Waals surface area (Å²) in [6, 6.07) is 12.3. The number of aromatic amines is 1. The van der Waals surface area contributed by atoms with Gasteiger partial charge in [-0.3, -0.25) is 4.79 Å². The first-order valence-electron chi connectivity index (χ1n) is 10.7. The molecule has 2 aromatic carbocycles. The molecule has 1 aliphatic rings. The number of carbonyl (C=O) groups is 2. The number of H-pyrrole nitrogens is 1. The number of hydrogen-bond acceptors (Lipinski definition) is 5. The zero-order valence-corrected chi connectivity index (χ0v) is 19.0. The Morgan fingerprint density at radius 2 is 1.84 bits per heavy atom. The molecule has 0 fully saturated rings. The SMILES string of the molecule is COC(=O)C1Cc2c([nH]c3ccccc23)C(c2ccc(OC(C)C)c(OC)c2)N1C(C)=O. The summed E-state index contributed by atoms with van der Waals surface area (Å²) in [5.41, 5.74) is 3.68. The number of para-hydroxylation sites is 1. The highest BCUT2D eigenvalue weighted by atomic mass is 16.5. The van der Waals surface area contributed by atoms with Crippen molar-refractivity contribution in [3.8, 4) is 11.5 Å². The van der Waals surface area contributed by atoms with Crippen LogP contribution in [0, 0.1) is 0 Å². The summed E-state index contributed by atoms with van der Waals surface area (Å²) in [6.45, 7) is 5.37. The molecule has 7 heteroatoms. The lowest BCUT2D eigenvalue weighted by atomic mass is 9.87. The van der Waals surface area contributed by atoms with Crippen LogP contribution in [0.25, 0.3) is 10.9 Å². The molecule has 1 amide bonds. The minimum Gasteiger partial charge on any atom is -0.493 e. The summed E-state index contributed by atoms with van der Waals surface area (Å²) in [5, 5.41) is 1.04. The van der Waals surface area contributed by atoms with Crippen LogP contribution < -0.4 is 9.47 Å². The van der Waals surface area contributed by atoms with Crippen molar-refractivity contribution in [1.29, 1.82) is 0 Å². The van der Waals surface area contributed by atoms with E-state index in [1.165, 1.54) is 14.0 Å². The molecule has 0 aliphatic carbocycles. The number of fused-ring (bicyclic) bond motifs is 3. The molecule has 2 atom stereocenters. The van der Waals surface area contributed by atoms with Crippen LogP contribution in [-0.4, -0.2) is 48.1 Å². The summed E-state index contributed by atoms with van der Waals surface area (Å²) >= 11 is 0. The second-order valence-corrected chi connectivity index (χ2v) is 8.21. The molecule has 32 heavy (non-hydrogen) atoms. The Hall–Kier alpha value is -3.48. The molecule has 2 unspecified atom stereocenters. The van der Waals surface area contributed by atoms with Crippen LogP contribution in [0.4, 0.5) is 0 Å².